The molecule has 0 saturated carbocycles. The van der Waals surface area contributed by atoms with Gasteiger partial charge in [0.2, 0.25) is 5.91 Å². The van der Waals surface area contributed by atoms with Crippen molar-refractivity contribution in [1.82, 2.24) is 0 Å². The highest BCUT2D eigenvalue weighted by Gasteiger charge is 2.23. The first-order valence-electron chi connectivity index (χ1n) is 8.48. The fourth-order valence-corrected chi connectivity index (χ4v) is 3.02. The summed E-state index contributed by atoms with van der Waals surface area (Å²) in [7, 11) is 1.64. The van der Waals surface area contributed by atoms with Gasteiger partial charge in [0.1, 0.15) is 5.75 Å². The van der Waals surface area contributed by atoms with Gasteiger partial charge >= 0.3 is 0 Å². The predicted molar refractivity (Wildman–Crippen MR) is 104 cm³/mol. The number of benzene rings is 2. The van der Waals surface area contributed by atoms with Gasteiger partial charge in [0.05, 0.1) is 5.69 Å². The molecular weight excluding hydrogens is 368 g/mol. The molecule has 0 spiro atoms. The maximum absolute atomic E-state index is 12.4. The number of nitrogens with zero attached hydrogens (tertiary/aromatic N) is 1. The average molecular weight is 387 g/mol. The van der Waals surface area contributed by atoms with E-state index in [1.807, 2.05) is 6.92 Å². The summed E-state index contributed by atoms with van der Waals surface area (Å²) >= 11 is 5.90. The summed E-state index contributed by atoms with van der Waals surface area (Å²) in [4.78, 5) is 37.8. The van der Waals surface area contributed by atoms with E-state index in [0.29, 0.717) is 27.7 Å². The summed E-state index contributed by atoms with van der Waals surface area (Å²) in [6.45, 7) is 1.83. The number of ketones is 1. The number of nitrogens with one attached hydrogen (secondary N) is 1. The molecule has 1 heterocycles. The van der Waals surface area contributed by atoms with Gasteiger partial charge in [0.25, 0.3) is 5.91 Å². The van der Waals surface area contributed by atoms with Crippen LogP contribution in [0, 0.1) is 6.92 Å². The summed E-state index contributed by atoms with van der Waals surface area (Å²) in [6, 6.07) is 10.1. The van der Waals surface area contributed by atoms with Gasteiger partial charge in [-0.2, -0.15) is 0 Å². The quantitative estimate of drug-likeness (QED) is 0.796. The number of hydrogen-bond acceptors (Lipinski definition) is 4. The molecule has 2 amide bonds. The lowest BCUT2D eigenvalue weighted by Gasteiger charge is -2.26. The summed E-state index contributed by atoms with van der Waals surface area (Å²) < 4.78 is 5.35. The molecule has 0 unspecified atom stereocenters. The monoisotopic (exact) mass is 386 g/mol. The van der Waals surface area contributed by atoms with Gasteiger partial charge in [-0.05, 0) is 48.9 Å². The molecule has 1 N–H and O–H groups in total. The molecule has 0 fully saturated rings. The lowest BCUT2D eigenvalue weighted by atomic mass is 10.0. The average Bonchev–Trinajstić information content (AvgIpc) is 2.65. The lowest BCUT2D eigenvalue weighted by Crippen LogP contribution is -2.35. The van der Waals surface area contributed by atoms with Crippen molar-refractivity contribution in [1.29, 1.82) is 0 Å². The Morgan fingerprint density at radius 3 is 2.70 bits per heavy atom. The Balaban J connectivity index is 1.62. The van der Waals surface area contributed by atoms with Gasteiger partial charge in [0, 0.05) is 36.2 Å². The molecule has 140 valence electrons. The molecule has 3 rings (SSSR count). The molecule has 0 aromatic heterocycles. The molecule has 2 aromatic carbocycles. The minimum atomic E-state index is -0.248. The molecular formula is C20H19ClN2O4. The maximum atomic E-state index is 12.4. The smallest absolute Gasteiger partial charge is 0.264 e. The number of fused-ring (bicyclic) bond motifs is 1. The third kappa shape index (κ3) is 4.28. The van der Waals surface area contributed by atoms with Crippen LogP contribution in [0.4, 0.5) is 11.4 Å². The molecule has 0 saturated heterocycles. The number of likely N-dealkylation sites (N-methyl/N-ethyl adjacent to an activating group) is 1. The van der Waals surface area contributed by atoms with Crippen LogP contribution < -0.4 is 15.0 Å². The Hall–Kier alpha value is -2.86. The zero-order valence-corrected chi connectivity index (χ0v) is 15.8. The van der Waals surface area contributed by atoms with Gasteiger partial charge in [-0.3, -0.25) is 14.4 Å². The standard InChI is InChI=1S/C20H19ClN2O4/c1-12-9-14(21)4-5-15(12)22-19(25)8-6-17(24)13-3-7-18-16(10-13)23(2)20(26)11-27-18/h3-5,7,9-10H,6,8,11H2,1-2H3,(H,22,25). The van der Waals surface area contributed by atoms with E-state index in [0.717, 1.165) is 5.56 Å². The van der Waals surface area contributed by atoms with Crippen molar-refractivity contribution in [2.75, 3.05) is 23.9 Å². The van der Waals surface area contributed by atoms with Crippen molar-refractivity contribution in [3.05, 3.63) is 52.5 Å². The Bertz CT molecular complexity index is 926. The van der Waals surface area contributed by atoms with Gasteiger partial charge < -0.3 is 15.0 Å². The Morgan fingerprint density at radius 2 is 1.96 bits per heavy atom. The van der Waals surface area contributed by atoms with Gasteiger partial charge in [-0.25, -0.2) is 0 Å². The van der Waals surface area contributed by atoms with Gasteiger partial charge in [-0.1, -0.05) is 11.6 Å². The molecule has 27 heavy (non-hydrogen) atoms. The van der Waals surface area contributed by atoms with Crippen LogP contribution in [0.3, 0.4) is 0 Å². The molecule has 6 nitrogen and oxygen atoms in total. The summed E-state index contributed by atoms with van der Waals surface area (Å²) in [5, 5.41) is 3.38. The molecule has 0 atom stereocenters. The molecule has 0 radical (unpaired) electrons. The summed E-state index contributed by atoms with van der Waals surface area (Å²) in [5.41, 5.74) is 2.51. The fraction of sp³-hybridized carbons (Fsp3) is 0.250. The van der Waals surface area contributed by atoms with Gasteiger partial charge in [0.15, 0.2) is 12.4 Å². The number of amides is 2. The number of aryl methyl sites for hydroxylation is 1. The second-order valence-corrected chi connectivity index (χ2v) is 6.79. The third-order valence-electron chi connectivity index (χ3n) is 4.41. The van der Waals surface area contributed by atoms with Crippen LogP contribution in [0.25, 0.3) is 0 Å². The second-order valence-electron chi connectivity index (χ2n) is 6.35. The maximum Gasteiger partial charge on any atom is 0.264 e. The van der Waals surface area contributed by atoms with Crippen molar-refractivity contribution < 1.29 is 19.1 Å². The van der Waals surface area contributed by atoms with E-state index < -0.39 is 0 Å². The van der Waals surface area contributed by atoms with Crippen LogP contribution in [0.1, 0.15) is 28.8 Å². The first-order chi connectivity index (χ1) is 12.8. The molecule has 1 aliphatic rings. The van der Waals surface area contributed by atoms with E-state index >= 15 is 0 Å². The zero-order valence-electron chi connectivity index (χ0n) is 15.0. The van der Waals surface area contributed by atoms with Crippen molar-refractivity contribution in [2.45, 2.75) is 19.8 Å². The number of halogens is 1. The van der Waals surface area contributed by atoms with Gasteiger partial charge in [-0.15, -0.1) is 0 Å². The second kappa shape index (κ2) is 7.80. The molecule has 1 aliphatic heterocycles. The molecule has 7 heteroatoms. The van der Waals surface area contributed by atoms with Crippen molar-refractivity contribution in [2.24, 2.45) is 0 Å². The van der Waals surface area contributed by atoms with Crippen LogP contribution in [0.15, 0.2) is 36.4 Å². The molecule has 0 aliphatic carbocycles. The van der Waals surface area contributed by atoms with Crippen molar-refractivity contribution in [3.8, 4) is 5.75 Å². The summed E-state index contributed by atoms with van der Waals surface area (Å²) in [5.74, 6) is -0.0380. The minimum absolute atomic E-state index is 0.0128. The molecule has 0 bridgehead atoms. The molecule has 2 aromatic rings. The number of anilines is 2. The first-order valence-corrected chi connectivity index (χ1v) is 8.85. The SMILES string of the molecule is Cc1cc(Cl)ccc1NC(=O)CCC(=O)c1ccc2c(c1)N(C)C(=O)CO2. The van der Waals surface area contributed by atoms with E-state index in [-0.39, 0.29) is 37.0 Å². The van der Waals surface area contributed by atoms with E-state index in [1.165, 1.54) is 4.90 Å². The number of ether oxygens (including phenoxy) is 1. The normalized spacial score (nSPS) is 13.0. The van der Waals surface area contributed by atoms with Crippen LogP contribution in [0.5, 0.6) is 5.75 Å². The van der Waals surface area contributed by atoms with E-state index in [9.17, 15) is 14.4 Å². The number of hydrogen-bond donors (Lipinski definition) is 1. The highest BCUT2D eigenvalue weighted by Crippen LogP contribution is 2.32. The third-order valence-corrected chi connectivity index (χ3v) is 4.64. The number of Topliss-reactive ketones (excluding diaryl/α,β-unsaturated/α-hetero) is 1. The fourth-order valence-electron chi connectivity index (χ4n) is 2.80. The Labute approximate surface area is 162 Å². The van der Waals surface area contributed by atoms with E-state index in [2.05, 4.69) is 5.32 Å². The first kappa shape index (κ1) is 18.9. The predicted octanol–water partition coefficient (Wildman–Crippen LogP) is 3.61. The number of carbonyl (C=O) groups is 3. The summed E-state index contributed by atoms with van der Waals surface area (Å²) in [6.07, 6.45) is 0.124. The topological polar surface area (TPSA) is 75.7 Å². The van der Waals surface area contributed by atoms with Crippen LogP contribution >= 0.6 is 11.6 Å². The highest BCUT2D eigenvalue weighted by molar-refractivity contribution is 6.30. The number of carbonyl (C=O) groups excluding carboxylic acids is 3. The Kier molecular flexibility index (Phi) is 5.46. The highest BCUT2D eigenvalue weighted by atomic mass is 35.5. The number of rotatable bonds is 5. The van der Waals surface area contributed by atoms with Crippen molar-refractivity contribution in [3.63, 3.8) is 0 Å². The van der Waals surface area contributed by atoms with E-state index in [1.54, 1.807) is 43.4 Å². The Morgan fingerprint density at radius 1 is 1.19 bits per heavy atom. The van der Waals surface area contributed by atoms with Crippen LogP contribution in [-0.2, 0) is 9.59 Å². The lowest BCUT2D eigenvalue weighted by molar-refractivity contribution is -0.121. The van der Waals surface area contributed by atoms with Crippen molar-refractivity contribution >= 4 is 40.6 Å². The zero-order chi connectivity index (χ0) is 19.6. The van der Waals surface area contributed by atoms with Crippen LogP contribution in [0.2, 0.25) is 5.02 Å². The largest absolute Gasteiger partial charge is 0.482 e. The van der Waals surface area contributed by atoms with Crippen LogP contribution in [-0.4, -0.2) is 31.3 Å². The van der Waals surface area contributed by atoms with E-state index in [4.69, 9.17) is 16.3 Å². The minimum Gasteiger partial charge on any atom is -0.482 e.